The fourth-order valence-corrected chi connectivity index (χ4v) is 3.81. The number of hydrogen-bond acceptors (Lipinski definition) is 5. The van der Waals surface area contributed by atoms with Crippen LogP contribution in [0.25, 0.3) is 0 Å². The van der Waals surface area contributed by atoms with Gasteiger partial charge in [0.25, 0.3) is 0 Å². The van der Waals surface area contributed by atoms with Crippen molar-refractivity contribution in [3.63, 3.8) is 0 Å². The molecule has 0 aliphatic carbocycles. The van der Waals surface area contributed by atoms with Crippen molar-refractivity contribution in [2.75, 3.05) is 13.7 Å². The summed E-state index contributed by atoms with van der Waals surface area (Å²) in [5.41, 5.74) is 1.37. The molecule has 2 rings (SSSR count). The van der Waals surface area contributed by atoms with Crippen LogP contribution in [0, 0.1) is 18.8 Å². The molecule has 0 unspecified atom stereocenters. The Labute approximate surface area is 127 Å². The molecule has 0 amide bonds. The van der Waals surface area contributed by atoms with E-state index in [1.807, 2.05) is 11.4 Å². The average molecular weight is 325 g/mol. The van der Waals surface area contributed by atoms with Crippen molar-refractivity contribution in [3.8, 4) is 11.8 Å². The summed E-state index contributed by atoms with van der Waals surface area (Å²) >= 11 is 1.42. The van der Waals surface area contributed by atoms with E-state index in [0.717, 1.165) is 10.4 Å². The first kappa shape index (κ1) is 15.7. The number of aryl methyl sites for hydroxylation is 1. The molecular weight excluding hydrogens is 310 g/mol. The van der Waals surface area contributed by atoms with Gasteiger partial charge in [0, 0.05) is 13.6 Å². The smallest absolute Gasteiger partial charge is 0.246 e. The van der Waals surface area contributed by atoms with Gasteiger partial charge in [-0.1, -0.05) is 11.8 Å². The molecule has 8 heteroatoms. The molecule has 0 fully saturated rings. The van der Waals surface area contributed by atoms with Gasteiger partial charge in [0.1, 0.15) is 11.5 Å². The van der Waals surface area contributed by atoms with Crippen LogP contribution in [0.2, 0.25) is 0 Å². The Balaban J connectivity index is 2.16. The van der Waals surface area contributed by atoms with E-state index in [1.54, 1.807) is 6.92 Å². The van der Waals surface area contributed by atoms with Gasteiger partial charge in [0.2, 0.25) is 10.0 Å². The highest BCUT2D eigenvalue weighted by Crippen LogP contribution is 2.20. The van der Waals surface area contributed by atoms with Crippen molar-refractivity contribution >= 4 is 21.4 Å². The van der Waals surface area contributed by atoms with Gasteiger partial charge in [0.05, 0.1) is 16.8 Å². The maximum absolute atomic E-state index is 12.4. The lowest BCUT2D eigenvalue weighted by molar-refractivity contribution is 0.350. The standard InChI is InChI=1S/C13H15N3O3S2/c1-10-13(7-14-15-10)21(18,19)16(2)8-11-6-12(20-9-11)4-3-5-17/h6-7,9,17H,5,8H2,1-2H3,(H,14,15). The number of rotatable bonds is 4. The first-order valence-corrected chi connectivity index (χ1v) is 8.40. The molecule has 6 nitrogen and oxygen atoms in total. The Bertz CT molecular complexity index is 781. The first-order valence-electron chi connectivity index (χ1n) is 6.08. The van der Waals surface area contributed by atoms with Gasteiger partial charge in [-0.05, 0) is 23.9 Å². The van der Waals surface area contributed by atoms with E-state index in [4.69, 9.17) is 5.11 Å². The molecule has 0 bridgehead atoms. The van der Waals surface area contributed by atoms with Crippen LogP contribution in [0.1, 0.15) is 16.1 Å². The SMILES string of the molecule is Cc1[nH]ncc1S(=O)(=O)N(C)Cc1csc(C#CCO)c1. The van der Waals surface area contributed by atoms with Gasteiger partial charge in [-0.15, -0.1) is 11.3 Å². The fourth-order valence-electron chi connectivity index (χ4n) is 1.76. The quantitative estimate of drug-likeness (QED) is 0.819. The number of nitrogens with zero attached hydrogens (tertiary/aromatic N) is 2. The van der Waals surface area contributed by atoms with Crippen molar-refractivity contribution in [1.82, 2.24) is 14.5 Å². The second-order valence-corrected chi connectivity index (χ2v) is 7.32. The molecule has 2 aromatic rings. The van der Waals surface area contributed by atoms with E-state index in [0.29, 0.717) is 5.69 Å². The topological polar surface area (TPSA) is 86.3 Å². The Morgan fingerprint density at radius 1 is 1.52 bits per heavy atom. The summed E-state index contributed by atoms with van der Waals surface area (Å²) in [4.78, 5) is 0.977. The first-order chi connectivity index (χ1) is 9.95. The van der Waals surface area contributed by atoms with E-state index in [2.05, 4.69) is 22.0 Å². The minimum Gasteiger partial charge on any atom is -0.384 e. The van der Waals surface area contributed by atoms with Crippen LogP contribution in [0.4, 0.5) is 0 Å². The van der Waals surface area contributed by atoms with E-state index >= 15 is 0 Å². The largest absolute Gasteiger partial charge is 0.384 e. The number of aromatic amines is 1. The highest BCUT2D eigenvalue weighted by atomic mass is 32.2. The van der Waals surface area contributed by atoms with Crippen LogP contribution >= 0.6 is 11.3 Å². The second kappa shape index (κ2) is 6.41. The molecule has 0 spiro atoms. The van der Waals surface area contributed by atoms with E-state index in [-0.39, 0.29) is 18.0 Å². The van der Waals surface area contributed by atoms with Crippen LogP contribution in [0.3, 0.4) is 0 Å². The number of aliphatic hydroxyl groups excluding tert-OH is 1. The molecule has 0 atom stereocenters. The highest BCUT2D eigenvalue weighted by Gasteiger charge is 2.24. The number of thiophene rings is 1. The highest BCUT2D eigenvalue weighted by molar-refractivity contribution is 7.89. The molecule has 2 N–H and O–H groups in total. The summed E-state index contributed by atoms with van der Waals surface area (Å²) in [6, 6.07) is 1.82. The second-order valence-electron chi connectivity index (χ2n) is 4.40. The van der Waals surface area contributed by atoms with Crippen LogP contribution in [-0.2, 0) is 16.6 Å². The molecular formula is C13H15N3O3S2. The number of hydrogen-bond donors (Lipinski definition) is 2. The molecule has 0 aliphatic heterocycles. The number of nitrogens with one attached hydrogen (secondary N) is 1. The zero-order valence-electron chi connectivity index (χ0n) is 11.6. The average Bonchev–Trinajstić information content (AvgIpc) is 3.05. The number of aliphatic hydroxyl groups is 1. The Morgan fingerprint density at radius 2 is 2.29 bits per heavy atom. The van der Waals surface area contributed by atoms with Crippen molar-refractivity contribution in [1.29, 1.82) is 0 Å². The lowest BCUT2D eigenvalue weighted by atomic mass is 10.3. The molecule has 21 heavy (non-hydrogen) atoms. The minimum atomic E-state index is -3.56. The third-order valence-corrected chi connectivity index (χ3v) is 5.63. The Morgan fingerprint density at radius 3 is 2.90 bits per heavy atom. The van der Waals surface area contributed by atoms with E-state index in [1.165, 1.54) is 28.9 Å². The van der Waals surface area contributed by atoms with Crippen molar-refractivity contribution in [2.45, 2.75) is 18.4 Å². The lowest BCUT2D eigenvalue weighted by Gasteiger charge is -2.15. The lowest BCUT2D eigenvalue weighted by Crippen LogP contribution is -2.26. The van der Waals surface area contributed by atoms with Crippen molar-refractivity contribution in [3.05, 3.63) is 33.8 Å². The summed E-state index contributed by atoms with van der Waals surface area (Å²) in [5.74, 6) is 5.36. The maximum Gasteiger partial charge on any atom is 0.246 e. The summed E-state index contributed by atoms with van der Waals surface area (Å²) in [5, 5.41) is 16.9. The molecule has 0 aliphatic rings. The predicted molar refractivity (Wildman–Crippen MR) is 80.3 cm³/mol. The number of sulfonamides is 1. The van der Waals surface area contributed by atoms with Gasteiger partial charge in [0.15, 0.2) is 0 Å². The van der Waals surface area contributed by atoms with Crippen molar-refractivity contribution in [2.24, 2.45) is 0 Å². The summed E-state index contributed by atoms with van der Waals surface area (Å²) < 4.78 is 26.1. The van der Waals surface area contributed by atoms with Gasteiger partial charge in [-0.2, -0.15) is 9.40 Å². The van der Waals surface area contributed by atoms with Crippen LogP contribution in [-0.4, -0.2) is 41.7 Å². The van der Waals surface area contributed by atoms with Gasteiger partial charge >= 0.3 is 0 Å². The Kier molecular flexibility index (Phi) is 4.80. The maximum atomic E-state index is 12.4. The monoisotopic (exact) mass is 325 g/mol. The van der Waals surface area contributed by atoms with Crippen molar-refractivity contribution < 1.29 is 13.5 Å². The predicted octanol–water partition coefficient (Wildman–Crippen LogP) is 0.944. The third kappa shape index (κ3) is 3.51. The fraction of sp³-hybridized carbons (Fsp3) is 0.308. The third-order valence-electron chi connectivity index (χ3n) is 2.82. The Hall–Kier alpha value is -1.66. The number of aromatic nitrogens is 2. The molecule has 112 valence electrons. The zero-order chi connectivity index (χ0) is 15.5. The van der Waals surface area contributed by atoms with E-state index < -0.39 is 10.0 Å². The molecule has 0 radical (unpaired) electrons. The van der Waals surface area contributed by atoms with Gasteiger partial charge in [-0.25, -0.2) is 8.42 Å². The van der Waals surface area contributed by atoms with Crippen LogP contribution in [0.5, 0.6) is 0 Å². The van der Waals surface area contributed by atoms with E-state index in [9.17, 15) is 8.42 Å². The molecule has 0 saturated carbocycles. The van der Waals surface area contributed by atoms with Gasteiger partial charge in [-0.3, -0.25) is 5.10 Å². The summed E-state index contributed by atoms with van der Waals surface area (Å²) in [6.07, 6.45) is 1.31. The molecule has 2 aromatic heterocycles. The van der Waals surface area contributed by atoms with Crippen LogP contribution < -0.4 is 0 Å². The summed E-state index contributed by atoms with van der Waals surface area (Å²) in [6.45, 7) is 1.73. The normalized spacial score (nSPS) is 11.4. The molecule has 0 aromatic carbocycles. The number of H-pyrrole nitrogens is 1. The zero-order valence-corrected chi connectivity index (χ0v) is 13.3. The molecule has 0 saturated heterocycles. The summed E-state index contributed by atoms with van der Waals surface area (Å²) in [7, 11) is -2.04. The van der Waals surface area contributed by atoms with Crippen LogP contribution in [0.15, 0.2) is 22.5 Å². The molecule has 2 heterocycles. The van der Waals surface area contributed by atoms with Gasteiger partial charge < -0.3 is 5.11 Å². The minimum absolute atomic E-state index is 0.181.